The van der Waals surface area contributed by atoms with E-state index in [0.29, 0.717) is 10.6 Å². The van der Waals surface area contributed by atoms with E-state index < -0.39 is 11.0 Å². The van der Waals surface area contributed by atoms with Crippen LogP contribution in [-0.2, 0) is 33.5 Å². The largest absolute Gasteiger partial charge is 0.497 e. The van der Waals surface area contributed by atoms with E-state index in [1.165, 1.54) is 46.9 Å². The van der Waals surface area contributed by atoms with Crippen molar-refractivity contribution < 1.29 is 18.5 Å². The van der Waals surface area contributed by atoms with E-state index in [0.717, 1.165) is 30.5 Å². The molecule has 2 amide bonds. The molecule has 0 radical (unpaired) electrons. The summed E-state index contributed by atoms with van der Waals surface area (Å²) < 4.78 is 19.9. The number of carbonyl (C=O) groups excluding carboxylic acids is 2. The van der Waals surface area contributed by atoms with Crippen LogP contribution in [0.1, 0.15) is 53.1 Å². The molecule has 0 aromatic heterocycles. The van der Waals surface area contributed by atoms with Crippen LogP contribution in [0.3, 0.4) is 0 Å². The van der Waals surface area contributed by atoms with E-state index in [-0.39, 0.29) is 30.9 Å². The summed E-state index contributed by atoms with van der Waals surface area (Å²) in [7, 11) is 3.52. The van der Waals surface area contributed by atoms with Gasteiger partial charge in [0.2, 0.25) is 11.8 Å². The maximum Gasteiger partial charge on any atom is 0.242 e. The van der Waals surface area contributed by atoms with Gasteiger partial charge >= 0.3 is 0 Å². The van der Waals surface area contributed by atoms with Crippen LogP contribution in [0.4, 0.5) is 0 Å². The third kappa shape index (κ3) is 6.45. The summed E-state index contributed by atoms with van der Waals surface area (Å²) >= 11 is 0. The minimum atomic E-state index is -1.52. The number of aryl methyl sites for hydroxylation is 3. The summed E-state index contributed by atoms with van der Waals surface area (Å²) in [4.78, 5) is 30.5. The molecule has 1 saturated heterocycles. The molecule has 0 spiro atoms. The normalized spacial score (nSPS) is 17.9. The molecule has 8 nitrogen and oxygen atoms in total. The van der Waals surface area contributed by atoms with E-state index in [9.17, 15) is 13.8 Å². The highest BCUT2D eigenvalue weighted by Gasteiger charge is 2.29. The van der Waals surface area contributed by atoms with Gasteiger partial charge < -0.3 is 15.0 Å². The third-order valence-corrected chi connectivity index (χ3v) is 9.34. The van der Waals surface area contributed by atoms with Crippen LogP contribution < -0.4 is 10.1 Å². The third-order valence-electron chi connectivity index (χ3n) is 7.65. The summed E-state index contributed by atoms with van der Waals surface area (Å²) in [6.45, 7) is 6.93. The minimum absolute atomic E-state index is 0.0199. The first-order chi connectivity index (χ1) is 18.2. The van der Waals surface area contributed by atoms with E-state index in [2.05, 4.69) is 28.4 Å². The molecular weight excluding hydrogens is 500 g/mol. The van der Waals surface area contributed by atoms with Gasteiger partial charge in [0, 0.05) is 20.6 Å². The Hall–Kier alpha value is -2.75. The van der Waals surface area contributed by atoms with Crippen molar-refractivity contribution in [2.75, 3.05) is 47.4 Å². The molecule has 1 aliphatic carbocycles. The first-order valence-electron chi connectivity index (χ1n) is 13.3. The number of likely N-dealkylation sites (N-methyl/N-ethyl adjacent to an activating group) is 2. The van der Waals surface area contributed by atoms with Gasteiger partial charge in [-0.25, -0.2) is 8.51 Å². The number of carbonyl (C=O) groups is 2. The second kappa shape index (κ2) is 12.4. The Morgan fingerprint density at radius 3 is 2.45 bits per heavy atom. The Morgan fingerprint density at radius 2 is 1.79 bits per heavy atom. The van der Waals surface area contributed by atoms with Crippen LogP contribution in [0.25, 0.3) is 0 Å². The molecule has 2 aliphatic rings. The highest BCUT2D eigenvalue weighted by molar-refractivity contribution is 7.82. The maximum absolute atomic E-state index is 13.1. The van der Waals surface area contributed by atoms with E-state index in [1.54, 1.807) is 19.1 Å². The number of nitrogens with one attached hydrogen (secondary N) is 1. The van der Waals surface area contributed by atoms with Crippen molar-refractivity contribution in [3.8, 4) is 5.75 Å². The summed E-state index contributed by atoms with van der Waals surface area (Å²) in [6.07, 6.45) is 4.42. The molecule has 9 heteroatoms. The van der Waals surface area contributed by atoms with Crippen LogP contribution in [0.2, 0.25) is 0 Å². The standard InChI is InChI=1S/C29H40N4O4S/c1-20-14-24(37-5)15-21(2)29(20)38(36)31(3)19-27(34)30-17-28(35)32(4)26-11-9-23-16-22(8-10-25(23)26)18-33-12-6-7-13-33/h8,10,14-16,26H,6-7,9,11-13,17-19H2,1-5H3,(H,30,34). The number of likely N-dealkylation sites (tertiary alicyclic amines) is 1. The maximum atomic E-state index is 13.1. The predicted octanol–water partition coefficient (Wildman–Crippen LogP) is 3.12. The highest BCUT2D eigenvalue weighted by atomic mass is 32.2. The quantitative estimate of drug-likeness (QED) is 0.501. The fourth-order valence-corrected chi connectivity index (χ4v) is 6.81. The topological polar surface area (TPSA) is 82.2 Å². The van der Waals surface area contributed by atoms with Gasteiger partial charge in [0.15, 0.2) is 0 Å². The summed E-state index contributed by atoms with van der Waals surface area (Å²) in [5.74, 6) is 0.226. The molecule has 1 fully saturated rings. The molecule has 4 rings (SSSR count). The van der Waals surface area contributed by atoms with Crippen LogP contribution in [-0.4, -0.2) is 77.5 Å². The molecule has 0 bridgehead atoms. The summed E-state index contributed by atoms with van der Waals surface area (Å²) in [5.41, 5.74) is 5.55. The van der Waals surface area contributed by atoms with E-state index >= 15 is 0 Å². The molecule has 206 valence electrons. The van der Waals surface area contributed by atoms with Gasteiger partial charge in [-0.2, -0.15) is 0 Å². The van der Waals surface area contributed by atoms with Gasteiger partial charge in [0.05, 0.1) is 31.1 Å². The molecule has 2 aromatic carbocycles. The second-order valence-electron chi connectivity index (χ2n) is 10.5. The molecule has 2 unspecified atom stereocenters. The number of benzene rings is 2. The number of methoxy groups -OCH3 is 1. The molecule has 1 N–H and O–H groups in total. The number of nitrogens with zero attached hydrogens (tertiary/aromatic N) is 3. The lowest BCUT2D eigenvalue weighted by molar-refractivity contribution is -0.133. The van der Waals surface area contributed by atoms with Gasteiger partial charge in [-0.15, -0.1) is 0 Å². The van der Waals surface area contributed by atoms with Crippen LogP contribution in [0, 0.1) is 13.8 Å². The predicted molar refractivity (Wildman–Crippen MR) is 149 cm³/mol. The number of hydrogen-bond donors (Lipinski definition) is 1. The van der Waals surface area contributed by atoms with Crippen molar-refractivity contribution in [2.24, 2.45) is 0 Å². The number of rotatable bonds is 10. The first-order valence-corrected chi connectivity index (χ1v) is 14.4. The van der Waals surface area contributed by atoms with Crippen molar-refractivity contribution in [2.45, 2.75) is 57.0 Å². The lowest BCUT2D eigenvalue weighted by atomic mass is 10.0. The number of ether oxygens (including phenoxy) is 1. The van der Waals surface area contributed by atoms with E-state index in [1.807, 2.05) is 33.0 Å². The number of fused-ring (bicyclic) bond motifs is 1. The molecule has 38 heavy (non-hydrogen) atoms. The molecule has 2 aromatic rings. The average Bonchev–Trinajstić information content (AvgIpc) is 3.55. The van der Waals surface area contributed by atoms with Crippen molar-refractivity contribution in [3.05, 3.63) is 58.1 Å². The lowest BCUT2D eigenvalue weighted by Gasteiger charge is -2.26. The number of hydrogen-bond acceptors (Lipinski definition) is 5. The van der Waals surface area contributed by atoms with Gasteiger partial charge in [0.1, 0.15) is 16.7 Å². The van der Waals surface area contributed by atoms with Crippen molar-refractivity contribution in [1.29, 1.82) is 0 Å². The van der Waals surface area contributed by atoms with Gasteiger partial charge in [-0.3, -0.25) is 14.5 Å². The summed E-state index contributed by atoms with van der Waals surface area (Å²) in [5, 5.41) is 2.71. The average molecular weight is 541 g/mol. The Morgan fingerprint density at radius 1 is 1.11 bits per heavy atom. The van der Waals surface area contributed by atoms with Crippen molar-refractivity contribution >= 4 is 22.8 Å². The Bertz CT molecular complexity index is 1190. The zero-order chi connectivity index (χ0) is 27.4. The van der Waals surface area contributed by atoms with Crippen molar-refractivity contribution in [3.63, 3.8) is 0 Å². The SMILES string of the molecule is COc1cc(C)c(S(=O)N(C)CC(=O)NCC(=O)N(C)C2CCc3cc(CN4CCCC4)ccc32)c(C)c1. The van der Waals surface area contributed by atoms with Gasteiger partial charge in [-0.1, -0.05) is 18.2 Å². The zero-order valence-electron chi connectivity index (χ0n) is 23.2. The molecule has 1 heterocycles. The number of amides is 2. The molecule has 1 aliphatic heterocycles. The van der Waals surface area contributed by atoms with E-state index in [4.69, 9.17) is 4.74 Å². The molecule has 0 saturated carbocycles. The van der Waals surface area contributed by atoms with Gasteiger partial charge in [0.25, 0.3) is 0 Å². The Kier molecular flexibility index (Phi) is 9.23. The first kappa shape index (κ1) is 28.3. The minimum Gasteiger partial charge on any atom is -0.497 e. The van der Waals surface area contributed by atoms with Crippen LogP contribution in [0.5, 0.6) is 5.75 Å². The van der Waals surface area contributed by atoms with Gasteiger partial charge in [-0.05, 0) is 92.6 Å². The molecule has 2 atom stereocenters. The Labute approximate surface area is 228 Å². The van der Waals surface area contributed by atoms with Crippen molar-refractivity contribution in [1.82, 2.24) is 19.4 Å². The smallest absolute Gasteiger partial charge is 0.242 e. The second-order valence-corrected chi connectivity index (χ2v) is 12.0. The lowest BCUT2D eigenvalue weighted by Crippen LogP contribution is -2.43. The zero-order valence-corrected chi connectivity index (χ0v) is 24.0. The van der Waals surface area contributed by atoms with Crippen LogP contribution in [0.15, 0.2) is 35.2 Å². The van der Waals surface area contributed by atoms with Crippen LogP contribution >= 0.6 is 0 Å². The summed E-state index contributed by atoms with van der Waals surface area (Å²) in [6, 6.07) is 10.4. The fraction of sp³-hybridized carbons (Fsp3) is 0.517. The Balaban J connectivity index is 1.29. The monoisotopic (exact) mass is 540 g/mol. The fourth-order valence-electron chi connectivity index (χ4n) is 5.60. The molecular formula is C29H40N4O4S. The highest BCUT2D eigenvalue weighted by Crippen LogP contribution is 2.36.